The number of hydrogen-bond acceptors (Lipinski definition) is 6. The van der Waals surface area contributed by atoms with Crippen LogP contribution in [0.3, 0.4) is 0 Å². The molecule has 0 unspecified atom stereocenters. The van der Waals surface area contributed by atoms with E-state index in [9.17, 15) is 19.2 Å². The molecule has 9 nitrogen and oxygen atoms in total. The number of aryl methyl sites for hydroxylation is 3. The number of aliphatic carboxylic acids is 1. The van der Waals surface area contributed by atoms with Gasteiger partial charge in [0.25, 0.3) is 0 Å². The van der Waals surface area contributed by atoms with Crippen LogP contribution < -0.4 is 16.3 Å². The Balaban J connectivity index is 1.32. The molecule has 40 heavy (non-hydrogen) atoms. The lowest BCUT2D eigenvalue weighted by atomic mass is 9.94. The minimum Gasteiger partial charge on any atom is -0.481 e. The van der Waals surface area contributed by atoms with E-state index < -0.39 is 29.5 Å². The maximum Gasteiger partial charge on any atom is 0.339 e. The van der Waals surface area contributed by atoms with Crippen LogP contribution in [0, 0.1) is 6.92 Å². The lowest BCUT2D eigenvalue weighted by molar-refractivity contribution is -0.137. The van der Waals surface area contributed by atoms with Crippen LogP contribution in [0.4, 0.5) is 0 Å². The van der Waals surface area contributed by atoms with Gasteiger partial charge in [-0.3, -0.25) is 14.4 Å². The molecule has 1 aliphatic rings. The van der Waals surface area contributed by atoms with Gasteiger partial charge in [0.2, 0.25) is 11.8 Å². The van der Waals surface area contributed by atoms with E-state index in [1.165, 1.54) is 5.56 Å². The summed E-state index contributed by atoms with van der Waals surface area (Å²) >= 11 is 0. The Hall–Kier alpha value is -4.40. The number of benzene rings is 2. The molecule has 0 saturated carbocycles. The first kappa shape index (κ1) is 27.2. The molecule has 208 valence electrons. The third-order valence-electron chi connectivity index (χ3n) is 7.53. The largest absolute Gasteiger partial charge is 0.481 e. The Kier molecular flexibility index (Phi) is 8.00. The van der Waals surface area contributed by atoms with Crippen molar-refractivity contribution >= 4 is 39.7 Å². The van der Waals surface area contributed by atoms with Gasteiger partial charge in [-0.15, -0.1) is 0 Å². The van der Waals surface area contributed by atoms with E-state index in [1.807, 2.05) is 19.1 Å². The number of carboxylic acids is 1. The van der Waals surface area contributed by atoms with Crippen LogP contribution in [0.5, 0.6) is 0 Å². The number of fused-ring (bicyclic) bond motifs is 4. The van der Waals surface area contributed by atoms with E-state index in [-0.39, 0.29) is 32.2 Å². The number of rotatable bonds is 10. The summed E-state index contributed by atoms with van der Waals surface area (Å²) < 4.78 is 11.7. The number of nitrogens with one attached hydrogen (secondary N) is 2. The monoisotopic (exact) mass is 544 g/mol. The summed E-state index contributed by atoms with van der Waals surface area (Å²) in [7, 11) is 0. The van der Waals surface area contributed by atoms with Gasteiger partial charge in [-0.25, -0.2) is 4.79 Å². The van der Waals surface area contributed by atoms with Crippen molar-refractivity contribution in [3.8, 4) is 0 Å². The summed E-state index contributed by atoms with van der Waals surface area (Å²) in [5.74, 6) is -0.761. The molecule has 2 heterocycles. The molecule has 2 aromatic carbocycles. The highest BCUT2D eigenvalue weighted by molar-refractivity contribution is 5.97. The van der Waals surface area contributed by atoms with Crippen LogP contribution in [-0.2, 0) is 33.6 Å². The zero-order valence-electron chi connectivity index (χ0n) is 22.4. The Morgan fingerprint density at radius 1 is 0.975 bits per heavy atom. The van der Waals surface area contributed by atoms with E-state index in [0.717, 1.165) is 53.4 Å². The molecule has 0 aliphatic heterocycles. The molecule has 0 bridgehead atoms. The summed E-state index contributed by atoms with van der Waals surface area (Å²) in [6, 6.07) is 11.7. The highest BCUT2D eigenvalue weighted by Crippen LogP contribution is 2.35. The summed E-state index contributed by atoms with van der Waals surface area (Å²) in [6.07, 6.45) is 4.44. The van der Waals surface area contributed by atoms with Crippen LogP contribution in [-0.4, -0.2) is 29.4 Å². The van der Waals surface area contributed by atoms with Gasteiger partial charge in [0.15, 0.2) is 0 Å². The van der Waals surface area contributed by atoms with Gasteiger partial charge in [0.05, 0.1) is 0 Å². The second-order valence-corrected chi connectivity index (χ2v) is 10.2. The average Bonchev–Trinajstić information content (AvgIpc) is 3.30. The first-order valence-electron chi connectivity index (χ1n) is 13.7. The predicted molar refractivity (Wildman–Crippen MR) is 149 cm³/mol. The predicted octanol–water partition coefficient (Wildman–Crippen LogP) is 4.50. The molecule has 5 rings (SSSR count). The van der Waals surface area contributed by atoms with E-state index in [2.05, 4.69) is 10.6 Å². The molecule has 1 atom stereocenters. The number of carbonyl (C=O) groups excluding carboxylic acids is 2. The second kappa shape index (κ2) is 11.8. The minimum atomic E-state index is -0.951. The molecule has 0 radical (unpaired) electrons. The van der Waals surface area contributed by atoms with Gasteiger partial charge in [-0.1, -0.05) is 30.3 Å². The zero-order valence-corrected chi connectivity index (χ0v) is 22.4. The number of amides is 2. The molecule has 3 N–H and O–H groups in total. The van der Waals surface area contributed by atoms with Crippen molar-refractivity contribution in [1.29, 1.82) is 0 Å². The molecular formula is C31H32N2O7. The molecular weight excluding hydrogens is 512 g/mol. The van der Waals surface area contributed by atoms with Gasteiger partial charge in [-0.2, -0.15) is 0 Å². The topological polar surface area (TPSA) is 139 Å². The molecule has 9 heteroatoms. The number of hydrogen-bond donors (Lipinski definition) is 3. The maximum atomic E-state index is 13.0. The van der Waals surface area contributed by atoms with E-state index in [1.54, 1.807) is 30.3 Å². The summed E-state index contributed by atoms with van der Waals surface area (Å²) in [5.41, 5.74) is 3.70. The molecule has 4 aromatic rings. The highest BCUT2D eigenvalue weighted by atomic mass is 16.4. The number of furan rings is 1. The Morgan fingerprint density at radius 3 is 2.50 bits per heavy atom. The van der Waals surface area contributed by atoms with Gasteiger partial charge in [0, 0.05) is 53.8 Å². The third kappa shape index (κ3) is 5.78. The van der Waals surface area contributed by atoms with Gasteiger partial charge in [0.1, 0.15) is 23.0 Å². The third-order valence-corrected chi connectivity index (χ3v) is 7.53. The van der Waals surface area contributed by atoms with E-state index >= 15 is 0 Å². The van der Waals surface area contributed by atoms with Crippen LogP contribution in [0.25, 0.3) is 21.9 Å². The Labute approximate surface area is 230 Å². The molecule has 2 aromatic heterocycles. The lowest BCUT2D eigenvalue weighted by Gasteiger charge is -2.19. The summed E-state index contributed by atoms with van der Waals surface area (Å²) in [5, 5.41) is 16.1. The highest BCUT2D eigenvalue weighted by Gasteiger charge is 2.24. The normalized spacial score (nSPS) is 13.6. The standard InChI is InChI=1S/C31H32N2O7/c1-18-20(31(38)40-25-17-26-23(16-22(18)25)21-10-5-6-11-24(21)39-26)13-14-27(34)33-29(19-8-3-2-4-9-19)30(37)32-15-7-12-28(35)36/h2-4,8-9,16-17,29H,5-7,10-15H2,1H3,(H,32,37)(H,33,34)(H,35,36)/t29-/m0/s1. The molecule has 1 aliphatic carbocycles. The summed E-state index contributed by atoms with van der Waals surface area (Å²) in [6.45, 7) is 2.04. The number of carbonyl (C=O) groups is 3. The van der Waals surface area contributed by atoms with Crippen LogP contribution in [0.1, 0.15) is 66.2 Å². The fraction of sp³-hybridized carbons (Fsp3) is 0.355. The van der Waals surface area contributed by atoms with Gasteiger partial charge >= 0.3 is 11.6 Å². The van der Waals surface area contributed by atoms with Crippen LogP contribution in [0.15, 0.2) is 56.1 Å². The molecule has 0 saturated heterocycles. The van der Waals surface area contributed by atoms with Gasteiger partial charge < -0.3 is 24.6 Å². The quantitative estimate of drug-likeness (QED) is 0.197. The van der Waals surface area contributed by atoms with Crippen LogP contribution in [0.2, 0.25) is 0 Å². The average molecular weight is 545 g/mol. The van der Waals surface area contributed by atoms with Crippen molar-refractivity contribution in [2.24, 2.45) is 0 Å². The van der Waals surface area contributed by atoms with Crippen LogP contribution >= 0.6 is 0 Å². The van der Waals surface area contributed by atoms with E-state index in [4.69, 9.17) is 13.9 Å². The fourth-order valence-corrected chi connectivity index (χ4v) is 5.40. The Morgan fingerprint density at radius 2 is 1.73 bits per heavy atom. The van der Waals surface area contributed by atoms with Crippen molar-refractivity contribution in [3.63, 3.8) is 0 Å². The maximum absolute atomic E-state index is 13.0. The lowest BCUT2D eigenvalue weighted by Crippen LogP contribution is -2.41. The van der Waals surface area contributed by atoms with Crippen molar-refractivity contribution in [1.82, 2.24) is 10.6 Å². The minimum absolute atomic E-state index is 0.0178. The van der Waals surface area contributed by atoms with E-state index in [0.29, 0.717) is 16.7 Å². The molecule has 2 amide bonds. The van der Waals surface area contributed by atoms with Crippen molar-refractivity contribution in [2.75, 3.05) is 6.54 Å². The van der Waals surface area contributed by atoms with Crippen molar-refractivity contribution in [2.45, 2.75) is 64.3 Å². The molecule has 0 spiro atoms. The number of carboxylic acid groups (broad SMARTS) is 1. The van der Waals surface area contributed by atoms with Crippen molar-refractivity contribution < 1.29 is 28.3 Å². The molecule has 0 fully saturated rings. The fourth-order valence-electron chi connectivity index (χ4n) is 5.40. The Bertz CT molecular complexity index is 1630. The first-order valence-corrected chi connectivity index (χ1v) is 13.7. The second-order valence-electron chi connectivity index (χ2n) is 10.2. The first-order chi connectivity index (χ1) is 19.3. The zero-order chi connectivity index (χ0) is 28.2. The SMILES string of the molecule is Cc1c(CCC(=O)N[C@H](C(=O)NCCCC(=O)O)c2ccccc2)c(=O)oc2cc3oc4c(c3cc12)CCCC4. The van der Waals surface area contributed by atoms with Gasteiger partial charge in [-0.05, 0) is 56.2 Å². The summed E-state index contributed by atoms with van der Waals surface area (Å²) in [4.78, 5) is 49.6. The van der Waals surface area contributed by atoms with Crippen molar-refractivity contribution in [3.05, 3.63) is 80.9 Å². The smallest absolute Gasteiger partial charge is 0.339 e.